The van der Waals surface area contributed by atoms with E-state index in [1.807, 2.05) is 43.9 Å². The summed E-state index contributed by atoms with van der Waals surface area (Å²) in [5.74, 6) is 0.597. The maximum absolute atomic E-state index is 12.4. The topological polar surface area (TPSA) is 46.9 Å². The van der Waals surface area contributed by atoms with Gasteiger partial charge in [0.25, 0.3) is 0 Å². The molecule has 3 atom stereocenters. The zero-order chi connectivity index (χ0) is 15.9. The highest BCUT2D eigenvalue weighted by atomic mass is 79.9. The van der Waals surface area contributed by atoms with Crippen molar-refractivity contribution in [3.63, 3.8) is 0 Å². The molecule has 1 aliphatic rings. The largest absolute Gasteiger partial charge is 0.349 e. The number of aromatic nitrogens is 2. The lowest BCUT2D eigenvalue weighted by Crippen LogP contribution is -2.28. The number of halogens is 1. The molecule has 3 rings (SSSR count). The standard InChI is InChI=1S/C17H20BrN3O/c1-10(16-9-19-21(3)11(16)2)20-17(22)15-8-14(15)12-4-6-13(18)7-5-12/h4-7,9-10,14-15H,8H2,1-3H3,(H,20,22)/t10-,14-,15+/m0/s1. The van der Waals surface area contributed by atoms with Crippen LogP contribution in [0.1, 0.15) is 42.1 Å². The zero-order valence-electron chi connectivity index (χ0n) is 13.0. The Morgan fingerprint density at radius 3 is 2.68 bits per heavy atom. The fourth-order valence-corrected chi connectivity index (χ4v) is 3.17. The highest BCUT2D eigenvalue weighted by molar-refractivity contribution is 9.10. The quantitative estimate of drug-likeness (QED) is 0.905. The highest BCUT2D eigenvalue weighted by Gasteiger charge is 2.44. The molecule has 2 aromatic rings. The van der Waals surface area contributed by atoms with E-state index in [0.29, 0.717) is 5.92 Å². The number of benzene rings is 1. The van der Waals surface area contributed by atoms with Gasteiger partial charge in [-0.1, -0.05) is 28.1 Å². The van der Waals surface area contributed by atoms with Crippen molar-refractivity contribution in [2.75, 3.05) is 0 Å². The van der Waals surface area contributed by atoms with Gasteiger partial charge < -0.3 is 5.32 Å². The highest BCUT2D eigenvalue weighted by Crippen LogP contribution is 2.47. The van der Waals surface area contributed by atoms with Gasteiger partial charge in [0.15, 0.2) is 0 Å². The van der Waals surface area contributed by atoms with Crippen LogP contribution in [-0.2, 0) is 11.8 Å². The van der Waals surface area contributed by atoms with Gasteiger partial charge >= 0.3 is 0 Å². The van der Waals surface area contributed by atoms with Gasteiger partial charge in [0, 0.05) is 28.7 Å². The van der Waals surface area contributed by atoms with E-state index in [0.717, 1.165) is 22.2 Å². The maximum atomic E-state index is 12.4. The molecule has 5 heteroatoms. The second-order valence-corrected chi connectivity index (χ2v) is 6.96. The SMILES string of the molecule is Cc1c([C@H](C)NC(=O)[C@@H]2C[C@H]2c2ccc(Br)cc2)cnn1C. The molecule has 1 aromatic carbocycles. The van der Waals surface area contributed by atoms with Crippen LogP contribution in [0, 0.1) is 12.8 Å². The summed E-state index contributed by atoms with van der Waals surface area (Å²) in [5.41, 5.74) is 3.42. The molecule has 1 heterocycles. The van der Waals surface area contributed by atoms with Crippen molar-refractivity contribution in [2.24, 2.45) is 13.0 Å². The Kier molecular flexibility index (Phi) is 4.08. The molecule has 0 saturated heterocycles. The first-order valence-corrected chi connectivity index (χ1v) is 8.31. The molecule has 0 spiro atoms. The Balaban J connectivity index is 1.62. The van der Waals surface area contributed by atoms with Crippen molar-refractivity contribution in [1.29, 1.82) is 0 Å². The summed E-state index contributed by atoms with van der Waals surface area (Å²) in [6, 6.07) is 8.24. The molecular formula is C17H20BrN3O. The number of aryl methyl sites for hydroxylation is 1. The van der Waals surface area contributed by atoms with Gasteiger partial charge in [-0.3, -0.25) is 9.48 Å². The number of rotatable bonds is 4. The molecule has 1 saturated carbocycles. The van der Waals surface area contributed by atoms with Crippen molar-refractivity contribution in [2.45, 2.75) is 32.2 Å². The minimum atomic E-state index is -0.00707. The Bertz CT molecular complexity index is 692. The summed E-state index contributed by atoms with van der Waals surface area (Å²) in [4.78, 5) is 12.4. The summed E-state index contributed by atoms with van der Waals surface area (Å²) in [6.07, 6.45) is 2.77. The zero-order valence-corrected chi connectivity index (χ0v) is 14.6. The number of nitrogens with zero attached hydrogens (tertiary/aromatic N) is 2. The number of hydrogen-bond donors (Lipinski definition) is 1. The molecule has 0 bridgehead atoms. The Morgan fingerprint density at radius 1 is 1.41 bits per heavy atom. The Labute approximate surface area is 139 Å². The first kappa shape index (κ1) is 15.3. The van der Waals surface area contributed by atoms with E-state index >= 15 is 0 Å². The van der Waals surface area contributed by atoms with E-state index in [1.54, 1.807) is 0 Å². The summed E-state index contributed by atoms with van der Waals surface area (Å²) in [7, 11) is 1.91. The van der Waals surface area contributed by atoms with Crippen molar-refractivity contribution >= 4 is 21.8 Å². The summed E-state index contributed by atoms with van der Waals surface area (Å²) in [6.45, 7) is 4.03. The lowest BCUT2D eigenvalue weighted by molar-refractivity contribution is -0.123. The van der Waals surface area contributed by atoms with Crippen LogP contribution in [0.25, 0.3) is 0 Å². The number of amides is 1. The monoisotopic (exact) mass is 361 g/mol. The Morgan fingerprint density at radius 2 is 2.09 bits per heavy atom. The molecule has 1 N–H and O–H groups in total. The van der Waals surface area contributed by atoms with E-state index in [-0.39, 0.29) is 17.9 Å². The van der Waals surface area contributed by atoms with E-state index in [9.17, 15) is 4.79 Å². The van der Waals surface area contributed by atoms with Crippen LogP contribution < -0.4 is 5.32 Å². The molecule has 22 heavy (non-hydrogen) atoms. The normalized spacial score (nSPS) is 21.5. The van der Waals surface area contributed by atoms with Crippen molar-refractivity contribution in [3.05, 3.63) is 51.8 Å². The van der Waals surface area contributed by atoms with Gasteiger partial charge in [0.2, 0.25) is 5.91 Å². The minimum absolute atomic E-state index is 0.00707. The van der Waals surface area contributed by atoms with E-state index in [1.165, 1.54) is 5.56 Å². The van der Waals surface area contributed by atoms with Crippen LogP contribution >= 0.6 is 15.9 Å². The second kappa shape index (κ2) is 5.88. The molecule has 1 aromatic heterocycles. The second-order valence-electron chi connectivity index (χ2n) is 6.04. The molecule has 1 fully saturated rings. The third kappa shape index (κ3) is 2.95. The van der Waals surface area contributed by atoms with Crippen molar-refractivity contribution < 1.29 is 4.79 Å². The van der Waals surface area contributed by atoms with Gasteiger partial charge in [0.05, 0.1) is 12.2 Å². The number of carbonyl (C=O) groups is 1. The van der Waals surface area contributed by atoms with Gasteiger partial charge in [0.1, 0.15) is 0 Å². The van der Waals surface area contributed by atoms with Crippen LogP contribution in [0.15, 0.2) is 34.9 Å². The van der Waals surface area contributed by atoms with Crippen LogP contribution in [0.2, 0.25) is 0 Å². The van der Waals surface area contributed by atoms with Gasteiger partial charge in [-0.05, 0) is 43.9 Å². The predicted octanol–water partition coefficient (Wildman–Crippen LogP) is 3.47. The first-order valence-electron chi connectivity index (χ1n) is 7.51. The third-order valence-corrected chi connectivity index (χ3v) is 5.05. The summed E-state index contributed by atoms with van der Waals surface area (Å²) >= 11 is 3.44. The van der Waals surface area contributed by atoms with Gasteiger partial charge in [-0.25, -0.2) is 0 Å². The van der Waals surface area contributed by atoms with Crippen LogP contribution in [-0.4, -0.2) is 15.7 Å². The fourth-order valence-electron chi connectivity index (χ4n) is 2.90. The molecule has 0 aliphatic heterocycles. The molecule has 4 nitrogen and oxygen atoms in total. The Hall–Kier alpha value is -1.62. The van der Waals surface area contributed by atoms with Crippen molar-refractivity contribution in [3.8, 4) is 0 Å². The van der Waals surface area contributed by atoms with Crippen LogP contribution in [0.4, 0.5) is 0 Å². The van der Waals surface area contributed by atoms with Crippen LogP contribution in [0.5, 0.6) is 0 Å². The average Bonchev–Trinajstić information content (AvgIpc) is 3.21. The van der Waals surface area contributed by atoms with Crippen molar-refractivity contribution in [1.82, 2.24) is 15.1 Å². The van der Waals surface area contributed by atoms with Gasteiger partial charge in [-0.2, -0.15) is 5.10 Å². The summed E-state index contributed by atoms with van der Waals surface area (Å²) in [5, 5.41) is 7.36. The molecule has 1 aliphatic carbocycles. The fraction of sp³-hybridized carbons (Fsp3) is 0.412. The minimum Gasteiger partial charge on any atom is -0.349 e. The lowest BCUT2D eigenvalue weighted by atomic mass is 10.1. The maximum Gasteiger partial charge on any atom is 0.224 e. The molecule has 0 radical (unpaired) electrons. The van der Waals surface area contributed by atoms with Gasteiger partial charge in [-0.15, -0.1) is 0 Å². The number of nitrogens with one attached hydrogen (secondary N) is 1. The smallest absolute Gasteiger partial charge is 0.224 e. The molecular weight excluding hydrogens is 342 g/mol. The lowest BCUT2D eigenvalue weighted by Gasteiger charge is -2.14. The molecule has 0 unspecified atom stereocenters. The average molecular weight is 362 g/mol. The number of carbonyl (C=O) groups excluding carboxylic acids is 1. The van der Waals surface area contributed by atoms with E-state index in [2.05, 4.69) is 38.5 Å². The summed E-state index contributed by atoms with van der Waals surface area (Å²) < 4.78 is 2.90. The van der Waals surface area contributed by atoms with Crippen LogP contribution in [0.3, 0.4) is 0 Å². The number of hydrogen-bond acceptors (Lipinski definition) is 2. The third-order valence-electron chi connectivity index (χ3n) is 4.52. The predicted molar refractivity (Wildman–Crippen MR) is 89.5 cm³/mol. The molecule has 1 amide bonds. The van der Waals surface area contributed by atoms with E-state index < -0.39 is 0 Å². The first-order chi connectivity index (χ1) is 10.5. The molecule has 116 valence electrons. The van der Waals surface area contributed by atoms with E-state index in [4.69, 9.17) is 0 Å².